The molecule has 2 aromatic heterocycles. The maximum atomic E-state index is 13.9. The topological polar surface area (TPSA) is 73.0 Å². The van der Waals surface area contributed by atoms with Crippen LogP contribution in [0.1, 0.15) is 23.4 Å². The van der Waals surface area contributed by atoms with Crippen molar-refractivity contribution in [1.29, 1.82) is 0 Å². The second-order valence-electron chi connectivity index (χ2n) is 6.85. The molecule has 0 spiro atoms. The van der Waals surface area contributed by atoms with E-state index in [4.69, 9.17) is 4.42 Å². The van der Waals surface area contributed by atoms with Gasteiger partial charge in [0.05, 0.1) is 18.3 Å². The van der Waals surface area contributed by atoms with E-state index in [-0.39, 0.29) is 18.1 Å². The molecule has 0 aliphatic heterocycles. The molecule has 4 rings (SSSR count). The first-order valence-electron chi connectivity index (χ1n) is 9.69. The molecule has 0 unspecified atom stereocenters. The molecule has 6 nitrogen and oxygen atoms in total. The standard InChI is InChI=1S/C23H21FN4O2/c24-20-9-4-3-8-19(20)21-15-26-23(30-21)11-10-22(29)25-14-17-6-1-2-7-18(17)16-28-13-5-12-27-28/h1-9,12-13,15H,10-11,14,16H2,(H,25,29). The van der Waals surface area contributed by atoms with Crippen LogP contribution in [0.4, 0.5) is 4.39 Å². The summed E-state index contributed by atoms with van der Waals surface area (Å²) in [6, 6.07) is 16.2. The number of carbonyl (C=O) groups is 1. The number of hydrogen-bond donors (Lipinski definition) is 1. The second-order valence-corrected chi connectivity index (χ2v) is 6.85. The van der Waals surface area contributed by atoms with Crippen LogP contribution in [0.5, 0.6) is 0 Å². The summed E-state index contributed by atoms with van der Waals surface area (Å²) in [6.07, 6.45) is 5.71. The van der Waals surface area contributed by atoms with E-state index in [1.165, 1.54) is 12.3 Å². The maximum Gasteiger partial charge on any atom is 0.220 e. The van der Waals surface area contributed by atoms with E-state index in [9.17, 15) is 9.18 Å². The average Bonchev–Trinajstić information content (AvgIpc) is 3.44. The van der Waals surface area contributed by atoms with E-state index in [2.05, 4.69) is 15.4 Å². The molecule has 0 aliphatic carbocycles. The van der Waals surface area contributed by atoms with Crippen molar-refractivity contribution in [2.24, 2.45) is 0 Å². The van der Waals surface area contributed by atoms with Gasteiger partial charge in [0.1, 0.15) is 5.82 Å². The number of nitrogens with one attached hydrogen (secondary N) is 1. The summed E-state index contributed by atoms with van der Waals surface area (Å²) in [4.78, 5) is 16.4. The van der Waals surface area contributed by atoms with E-state index in [1.54, 1.807) is 24.4 Å². The summed E-state index contributed by atoms with van der Waals surface area (Å²) in [7, 11) is 0. The zero-order valence-corrected chi connectivity index (χ0v) is 16.3. The van der Waals surface area contributed by atoms with Crippen LogP contribution in [0, 0.1) is 5.82 Å². The van der Waals surface area contributed by atoms with Crippen molar-refractivity contribution in [3.05, 3.63) is 96.0 Å². The number of aromatic nitrogens is 3. The highest BCUT2D eigenvalue weighted by molar-refractivity contribution is 5.76. The Balaban J connectivity index is 1.31. The van der Waals surface area contributed by atoms with Crippen LogP contribution in [0.2, 0.25) is 0 Å². The summed E-state index contributed by atoms with van der Waals surface area (Å²) in [5, 5.41) is 7.17. The summed E-state index contributed by atoms with van der Waals surface area (Å²) in [5.74, 6) is 0.291. The zero-order chi connectivity index (χ0) is 20.8. The number of nitrogens with zero attached hydrogens (tertiary/aromatic N) is 3. The number of halogens is 1. The predicted octanol–water partition coefficient (Wildman–Crippen LogP) is 3.97. The van der Waals surface area contributed by atoms with Crippen LogP contribution in [0.25, 0.3) is 11.3 Å². The van der Waals surface area contributed by atoms with E-state index in [1.807, 2.05) is 41.2 Å². The average molecular weight is 404 g/mol. The summed E-state index contributed by atoms with van der Waals surface area (Å²) in [5.41, 5.74) is 2.50. The van der Waals surface area contributed by atoms with Crippen LogP contribution in [0.15, 0.2) is 77.6 Å². The Morgan fingerprint density at radius 3 is 2.67 bits per heavy atom. The van der Waals surface area contributed by atoms with Crippen LogP contribution in [0.3, 0.4) is 0 Å². The number of aryl methyl sites for hydroxylation is 1. The molecule has 0 saturated carbocycles. The fourth-order valence-electron chi connectivity index (χ4n) is 3.17. The molecule has 0 atom stereocenters. The third-order valence-electron chi connectivity index (χ3n) is 4.74. The number of benzene rings is 2. The number of amides is 1. The minimum atomic E-state index is -0.369. The molecule has 2 heterocycles. The van der Waals surface area contributed by atoms with Crippen LogP contribution in [-0.4, -0.2) is 20.7 Å². The van der Waals surface area contributed by atoms with Crippen molar-refractivity contribution in [3.63, 3.8) is 0 Å². The molecular weight excluding hydrogens is 383 g/mol. The number of hydrogen-bond acceptors (Lipinski definition) is 4. The molecule has 0 bridgehead atoms. The van der Waals surface area contributed by atoms with Crippen molar-refractivity contribution in [2.45, 2.75) is 25.9 Å². The van der Waals surface area contributed by atoms with Gasteiger partial charge in [-0.2, -0.15) is 5.10 Å². The van der Waals surface area contributed by atoms with Gasteiger partial charge in [-0.25, -0.2) is 9.37 Å². The van der Waals surface area contributed by atoms with Crippen LogP contribution >= 0.6 is 0 Å². The Bertz CT molecular complexity index is 1120. The fourth-order valence-corrected chi connectivity index (χ4v) is 3.17. The van der Waals surface area contributed by atoms with E-state index in [0.29, 0.717) is 36.7 Å². The first-order valence-corrected chi connectivity index (χ1v) is 9.69. The molecule has 0 fully saturated rings. The Morgan fingerprint density at radius 2 is 1.87 bits per heavy atom. The van der Waals surface area contributed by atoms with Gasteiger partial charge in [0.25, 0.3) is 0 Å². The van der Waals surface area contributed by atoms with Crippen molar-refractivity contribution >= 4 is 5.91 Å². The van der Waals surface area contributed by atoms with Gasteiger partial charge in [0.2, 0.25) is 5.91 Å². The number of oxazole rings is 1. The summed E-state index contributed by atoms with van der Waals surface area (Å²) < 4.78 is 21.3. The monoisotopic (exact) mass is 404 g/mol. The van der Waals surface area contributed by atoms with Gasteiger partial charge in [0.15, 0.2) is 11.7 Å². The number of rotatable bonds is 8. The minimum Gasteiger partial charge on any atom is -0.441 e. The summed E-state index contributed by atoms with van der Waals surface area (Å²) in [6.45, 7) is 1.08. The van der Waals surface area contributed by atoms with Crippen LogP contribution < -0.4 is 5.32 Å². The van der Waals surface area contributed by atoms with Gasteiger partial charge in [0, 0.05) is 31.8 Å². The Morgan fingerprint density at radius 1 is 1.07 bits per heavy atom. The van der Waals surface area contributed by atoms with Crippen molar-refractivity contribution in [3.8, 4) is 11.3 Å². The molecule has 4 aromatic rings. The highest BCUT2D eigenvalue weighted by Gasteiger charge is 2.12. The third-order valence-corrected chi connectivity index (χ3v) is 4.74. The molecule has 7 heteroatoms. The SMILES string of the molecule is O=C(CCc1ncc(-c2ccccc2F)o1)NCc1ccccc1Cn1cccn1. The highest BCUT2D eigenvalue weighted by Crippen LogP contribution is 2.23. The van der Waals surface area contributed by atoms with Gasteiger partial charge in [-0.1, -0.05) is 36.4 Å². The lowest BCUT2D eigenvalue weighted by atomic mass is 10.1. The van der Waals surface area contributed by atoms with Gasteiger partial charge >= 0.3 is 0 Å². The van der Waals surface area contributed by atoms with Gasteiger partial charge in [-0.3, -0.25) is 9.48 Å². The lowest BCUT2D eigenvalue weighted by Gasteiger charge is -2.11. The van der Waals surface area contributed by atoms with Crippen molar-refractivity contribution in [1.82, 2.24) is 20.1 Å². The minimum absolute atomic E-state index is 0.102. The molecule has 2 aromatic carbocycles. The molecule has 0 aliphatic rings. The van der Waals surface area contributed by atoms with E-state index < -0.39 is 0 Å². The Kier molecular flexibility index (Phi) is 5.98. The maximum absolute atomic E-state index is 13.9. The molecule has 0 radical (unpaired) electrons. The predicted molar refractivity (Wildman–Crippen MR) is 110 cm³/mol. The molecule has 30 heavy (non-hydrogen) atoms. The first-order chi connectivity index (χ1) is 14.7. The Labute approximate surface area is 173 Å². The smallest absolute Gasteiger partial charge is 0.220 e. The fraction of sp³-hybridized carbons (Fsp3) is 0.174. The van der Waals surface area contributed by atoms with Crippen molar-refractivity contribution in [2.75, 3.05) is 0 Å². The lowest BCUT2D eigenvalue weighted by molar-refractivity contribution is -0.121. The van der Waals surface area contributed by atoms with Crippen molar-refractivity contribution < 1.29 is 13.6 Å². The largest absolute Gasteiger partial charge is 0.441 e. The Hall–Kier alpha value is -3.74. The second kappa shape index (κ2) is 9.17. The molecule has 152 valence electrons. The lowest BCUT2D eigenvalue weighted by Crippen LogP contribution is -2.24. The van der Waals surface area contributed by atoms with Gasteiger partial charge < -0.3 is 9.73 Å². The van der Waals surface area contributed by atoms with Crippen LogP contribution in [-0.2, 0) is 24.3 Å². The molecule has 1 amide bonds. The number of carbonyl (C=O) groups excluding carboxylic acids is 1. The third kappa shape index (κ3) is 4.81. The van der Waals surface area contributed by atoms with E-state index >= 15 is 0 Å². The first kappa shape index (κ1) is 19.6. The molecule has 1 N–H and O–H groups in total. The molecule has 0 saturated heterocycles. The zero-order valence-electron chi connectivity index (χ0n) is 16.3. The normalized spacial score (nSPS) is 10.8. The van der Waals surface area contributed by atoms with Gasteiger partial charge in [-0.05, 0) is 29.3 Å². The quantitative estimate of drug-likeness (QED) is 0.482. The van der Waals surface area contributed by atoms with E-state index in [0.717, 1.165) is 11.1 Å². The molecular formula is C23H21FN4O2. The van der Waals surface area contributed by atoms with Gasteiger partial charge in [-0.15, -0.1) is 0 Å². The highest BCUT2D eigenvalue weighted by atomic mass is 19.1. The summed E-state index contributed by atoms with van der Waals surface area (Å²) >= 11 is 0.